The number of nitrogens with zero attached hydrogens (tertiary/aromatic N) is 1. The van der Waals surface area contributed by atoms with Crippen LogP contribution in [0.25, 0.3) is 0 Å². The van der Waals surface area contributed by atoms with Gasteiger partial charge in [-0.3, -0.25) is 4.79 Å². The molecule has 8 heteroatoms. The summed E-state index contributed by atoms with van der Waals surface area (Å²) in [5.41, 5.74) is 1.72. The fraction of sp³-hybridized carbons (Fsp3) is 0.227. The Morgan fingerprint density at radius 1 is 0.967 bits per heavy atom. The molecule has 2 aromatic carbocycles. The molecule has 0 saturated heterocycles. The van der Waals surface area contributed by atoms with Gasteiger partial charge < -0.3 is 19.5 Å². The van der Waals surface area contributed by atoms with Crippen molar-refractivity contribution in [2.45, 2.75) is 13.0 Å². The molecule has 7 nitrogen and oxygen atoms in total. The molecule has 0 radical (unpaired) electrons. The largest absolute Gasteiger partial charge is 0.497 e. The van der Waals surface area contributed by atoms with E-state index in [1.165, 1.54) is 17.5 Å². The number of benzene rings is 2. The lowest BCUT2D eigenvalue weighted by Gasteiger charge is -2.20. The number of carbonyl (C=O) groups is 2. The third kappa shape index (κ3) is 5.36. The quantitative estimate of drug-likeness (QED) is 0.555. The number of amides is 1. The van der Waals surface area contributed by atoms with Gasteiger partial charge in [0.05, 0.1) is 31.5 Å². The molecule has 1 heterocycles. The number of ether oxygens (including phenoxy) is 3. The highest BCUT2D eigenvalue weighted by molar-refractivity contribution is 7.13. The maximum atomic E-state index is 12.5. The smallest absolute Gasteiger partial charge is 0.350 e. The molecule has 1 aromatic heterocycles. The second-order valence-corrected chi connectivity index (χ2v) is 7.60. The highest BCUT2D eigenvalue weighted by Gasteiger charge is 2.19. The summed E-state index contributed by atoms with van der Waals surface area (Å²) in [5.74, 6) is 0.446. The molecule has 0 fully saturated rings. The number of carbonyl (C=O) groups excluding carboxylic acids is 2. The summed E-state index contributed by atoms with van der Waals surface area (Å²) in [6.07, 6.45) is 1.44. The summed E-state index contributed by atoms with van der Waals surface area (Å²) in [7, 11) is 3.19. The van der Waals surface area contributed by atoms with E-state index >= 15 is 0 Å². The fourth-order valence-corrected chi connectivity index (χ4v) is 3.48. The number of aryl methyl sites for hydroxylation is 1. The molecule has 0 aliphatic rings. The zero-order valence-electron chi connectivity index (χ0n) is 16.9. The predicted molar refractivity (Wildman–Crippen MR) is 113 cm³/mol. The third-order valence-electron chi connectivity index (χ3n) is 4.36. The standard InChI is InChI=1S/C22H22N2O5S/c1-14-23-12-19(30-14)22(26)29-13-20(25)24-21(15-4-8-17(27-2)9-5-15)16-6-10-18(28-3)11-7-16/h4-12,21H,13H2,1-3H3,(H,24,25). The van der Waals surface area contributed by atoms with Gasteiger partial charge in [0, 0.05) is 0 Å². The number of hydrogen-bond donors (Lipinski definition) is 1. The highest BCUT2D eigenvalue weighted by Crippen LogP contribution is 2.26. The maximum Gasteiger partial charge on any atom is 0.350 e. The van der Waals surface area contributed by atoms with Crippen LogP contribution in [0.5, 0.6) is 11.5 Å². The van der Waals surface area contributed by atoms with Crippen LogP contribution in [0.15, 0.2) is 54.7 Å². The van der Waals surface area contributed by atoms with Crippen molar-refractivity contribution >= 4 is 23.2 Å². The van der Waals surface area contributed by atoms with Crippen LogP contribution in [0.4, 0.5) is 0 Å². The Bertz CT molecular complexity index is 952. The van der Waals surface area contributed by atoms with Crippen molar-refractivity contribution in [3.05, 3.63) is 75.7 Å². The average Bonchev–Trinajstić information content (AvgIpc) is 3.22. The van der Waals surface area contributed by atoms with Gasteiger partial charge in [0.1, 0.15) is 16.4 Å². The van der Waals surface area contributed by atoms with Gasteiger partial charge in [-0.15, -0.1) is 11.3 Å². The van der Waals surface area contributed by atoms with E-state index in [0.717, 1.165) is 16.1 Å². The van der Waals surface area contributed by atoms with Gasteiger partial charge in [-0.05, 0) is 42.3 Å². The van der Waals surface area contributed by atoms with Crippen LogP contribution in [0.1, 0.15) is 31.8 Å². The lowest BCUT2D eigenvalue weighted by atomic mass is 9.98. The van der Waals surface area contributed by atoms with Gasteiger partial charge in [0.25, 0.3) is 5.91 Å². The first-order valence-electron chi connectivity index (χ1n) is 9.17. The molecule has 0 atom stereocenters. The molecule has 0 aliphatic carbocycles. The topological polar surface area (TPSA) is 86.8 Å². The molecule has 0 spiro atoms. The fourth-order valence-electron chi connectivity index (χ4n) is 2.81. The van der Waals surface area contributed by atoms with Crippen molar-refractivity contribution in [1.29, 1.82) is 0 Å². The Balaban J connectivity index is 1.73. The van der Waals surface area contributed by atoms with Crippen molar-refractivity contribution in [3.63, 3.8) is 0 Å². The number of aromatic nitrogens is 1. The molecule has 3 rings (SSSR count). The van der Waals surface area contributed by atoms with Gasteiger partial charge in [0.15, 0.2) is 6.61 Å². The summed E-state index contributed by atoms with van der Waals surface area (Å²) in [6.45, 7) is 1.40. The molecule has 0 aliphatic heterocycles. The van der Waals surface area contributed by atoms with E-state index in [2.05, 4.69) is 10.3 Å². The maximum absolute atomic E-state index is 12.5. The van der Waals surface area contributed by atoms with Crippen LogP contribution < -0.4 is 14.8 Å². The Hall–Kier alpha value is -3.39. The zero-order valence-corrected chi connectivity index (χ0v) is 17.7. The lowest BCUT2D eigenvalue weighted by molar-refractivity contribution is -0.124. The molecular formula is C22H22N2O5S. The summed E-state index contributed by atoms with van der Waals surface area (Å²) < 4.78 is 15.5. The van der Waals surface area contributed by atoms with Crippen molar-refractivity contribution in [3.8, 4) is 11.5 Å². The first-order chi connectivity index (χ1) is 14.5. The van der Waals surface area contributed by atoms with Gasteiger partial charge >= 0.3 is 5.97 Å². The van der Waals surface area contributed by atoms with Crippen LogP contribution in [0.2, 0.25) is 0 Å². The van der Waals surface area contributed by atoms with Crippen LogP contribution in [0, 0.1) is 6.92 Å². The first kappa shape index (κ1) is 21.3. The minimum Gasteiger partial charge on any atom is -0.497 e. The van der Waals surface area contributed by atoms with E-state index in [0.29, 0.717) is 16.4 Å². The van der Waals surface area contributed by atoms with E-state index < -0.39 is 24.5 Å². The van der Waals surface area contributed by atoms with Crippen molar-refractivity contribution in [1.82, 2.24) is 10.3 Å². The highest BCUT2D eigenvalue weighted by atomic mass is 32.1. The Morgan fingerprint density at radius 3 is 1.93 bits per heavy atom. The summed E-state index contributed by atoms with van der Waals surface area (Å²) in [5, 5.41) is 3.68. The van der Waals surface area contributed by atoms with Gasteiger partial charge in [-0.1, -0.05) is 24.3 Å². The number of methoxy groups -OCH3 is 2. The van der Waals surface area contributed by atoms with Gasteiger partial charge in [-0.2, -0.15) is 0 Å². The molecule has 0 bridgehead atoms. The third-order valence-corrected chi connectivity index (χ3v) is 5.25. The number of thiazole rings is 1. The van der Waals surface area contributed by atoms with Crippen molar-refractivity contribution < 1.29 is 23.8 Å². The second-order valence-electron chi connectivity index (χ2n) is 6.37. The number of rotatable bonds is 8. The van der Waals surface area contributed by atoms with Crippen molar-refractivity contribution in [2.24, 2.45) is 0 Å². The molecular weight excluding hydrogens is 404 g/mol. The summed E-state index contributed by atoms with van der Waals surface area (Å²) >= 11 is 1.22. The molecule has 1 amide bonds. The molecule has 1 N–H and O–H groups in total. The predicted octanol–water partition coefficient (Wildman–Crippen LogP) is 3.53. The zero-order chi connectivity index (χ0) is 21.5. The lowest BCUT2D eigenvalue weighted by Crippen LogP contribution is -2.33. The monoisotopic (exact) mass is 426 g/mol. The summed E-state index contributed by atoms with van der Waals surface area (Å²) in [4.78, 5) is 29.0. The number of hydrogen-bond acceptors (Lipinski definition) is 7. The Labute approximate surface area is 178 Å². The minimum atomic E-state index is -0.568. The van der Waals surface area contributed by atoms with E-state index in [4.69, 9.17) is 14.2 Å². The first-order valence-corrected chi connectivity index (χ1v) is 9.98. The van der Waals surface area contributed by atoms with Crippen LogP contribution >= 0.6 is 11.3 Å². The minimum absolute atomic E-state index is 0.363. The van der Waals surface area contributed by atoms with E-state index in [9.17, 15) is 9.59 Å². The van der Waals surface area contributed by atoms with Gasteiger partial charge in [-0.25, -0.2) is 9.78 Å². The molecule has 0 unspecified atom stereocenters. The van der Waals surface area contributed by atoms with E-state index in [1.807, 2.05) is 48.5 Å². The molecule has 0 saturated carbocycles. The van der Waals surface area contributed by atoms with Gasteiger partial charge in [0.2, 0.25) is 0 Å². The average molecular weight is 426 g/mol. The SMILES string of the molecule is COc1ccc(C(NC(=O)COC(=O)c2cnc(C)s2)c2ccc(OC)cc2)cc1. The number of esters is 1. The second kappa shape index (κ2) is 9.89. The molecule has 3 aromatic rings. The Morgan fingerprint density at radius 2 is 1.50 bits per heavy atom. The Kier molecular flexibility index (Phi) is 7.03. The van der Waals surface area contributed by atoms with Crippen molar-refractivity contribution in [2.75, 3.05) is 20.8 Å². The summed E-state index contributed by atoms with van der Waals surface area (Å²) in [6, 6.07) is 14.4. The van der Waals surface area contributed by atoms with E-state index in [-0.39, 0.29) is 0 Å². The van der Waals surface area contributed by atoms with E-state index in [1.54, 1.807) is 21.1 Å². The normalized spacial score (nSPS) is 10.5. The molecule has 156 valence electrons. The number of nitrogens with one attached hydrogen (secondary N) is 1. The van der Waals surface area contributed by atoms with Crippen LogP contribution in [0.3, 0.4) is 0 Å². The van der Waals surface area contributed by atoms with Crippen LogP contribution in [-0.2, 0) is 9.53 Å². The molecule has 30 heavy (non-hydrogen) atoms. The van der Waals surface area contributed by atoms with Crippen LogP contribution in [-0.4, -0.2) is 37.7 Å².